The number of nitrogen functional groups attached to an aromatic ring is 1. The molecule has 4 heteroatoms. The molecule has 2 aromatic carbocycles. The first-order valence-electron chi connectivity index (χ1n) is 6.21. The van der Waals surface area contributed by atoms with Crippen LogP contribution in [0, 0.1) is 11.6 Å². The Morgan fingerprint density at radius 3 is 2.32 bits per heavy atom. The van der Waals surface area contributed by atoms with E-state index >= 15 is 0 Å². The summed E-state index contributed by atoms with van der Waals surface area (Å²) in [5, 5.41) is 3.13. The van der Waals surface area contributed by atoms with E-state index in [2.05, 4.69) is 17.4 Å². The summed E-state index contributed by atoms with van der Waals surface area (Å²) >= 11 is 0. The number of fused-ring (bicyclic) bond motifs is 1. The highest BCUT2D eigenvalue weighted by Crippen LogP contribution is 2.28. The molecule has 0 amide bonds. The van der Waals surface area contributed by atoms with Crippen molar-refractivity contribution in [2.75, 3.05) is 11.1 Å². The largest absolute Gasteiger partial charge is 0.395 e. The zero-order valence-electron chi connectivity index (χ0n) is 10.3. The fraction of sp³-hybridized carbons (Fsp3) is 0.200. The van der Waals surface area contributed by atoms with Gasteiger partial charge in [-0.2, -0.15) is 0 Å². The van der Waals surface area contributed by atoms with Crippen LogP contribution in [0.4, 0.5) is 20.2 Å². The van der Waals surface area contributed by atoms with Crippen LogP contribution in [0.15, 0.2) is 36.4 Å². The first-order chi connectivity index (χ1) is 9.13. The highest BCUT2D eigenvalue weighted by atomic mass is 19.1. The van der Waals surface area contributed by atoms with Gasteiger partial charge in [0.05, 0.1) is 11.4 Å². The number of benzene rings is 2. The van der Waals surface area contributed by atoms with Gasteiger partial charge in [0, 0.05) is 12.1 Å². The maximum Gasteiger partial charge on any atom is 0.151 e. The Bertz CT molecular complexity index is 601. The second kappa shape index (κ2) is 4.53. The average Bonchev–Trinajstić information content (AvgIpc) is 2.77. The van der Waals surface area contributed by atoms with Crippen LogP contribution in [0.2, 0.25) is 0 Å². The van der Waals surface area contributed by atoms with E-state index in [1.165, 1.54) is 17.2 Å². The van der Waals surface area contributed by atoms with Gasteiger partial charge in [0.15, 0.2) is 5.82 Å². The number of hydrogen-bond donors (Lipinski definition) is 2. The van der Waals surface area contributed by atoms with Crippen molar-refractivity contribution in [3.05, 3.63) is 59.2 Å². The summed E-state index contributed by atoms with van der Waals surface area (Å²) in [5.41, 5.74) is 8.48. The molecule has 3 rings (SSSR count). The Labute approximate surface area is 110 Å². The predicted molar refractivity (Wildman–Crippen MR) is 72.0 cm³/mol. The van der Waals surface area contributed by atoms with Gasteiger partial charge in [-0.3, -0.25) is 0 Å². The van der Waals surface area contributed by atoms with Gasteiger partial charge in [-0.05, 0) is 30.0 Å². The van der Waals surface area contributed by atoms with E-state index in [0.717, 1.165) is 18.9 Å². The lowest BCUT2D eigenvalue weighted by atomic mass is 10.1. The average molecular weight is 260 g/mol. The third-order valence-corrected chi connectivity index (χ3v) is 3.50. The van der Waals surface area contributed by atoms with Gasteiger partial charge in [-0.25, -0.2) is 8.78 Å². The number of halogens is 2. The number of anilines is 2. The number of nitrogens with one attached hydrogen (secondary N) is 1. The second-order valence-corrected chi connectivity index (χ2v) is 4.87. The molecular weight excluding hydrogens is 246 g/mol. The summed E-state index contributed by atoms with van der Waals surface area (Å²) in [7, 11) is 0. The third kappa shape index (κ3) is 2.26. The first-order valence-corrected chi connectivity index (χ1v) is 6.21. The molecule has 0 fully saturated rings. The Hall–Kier alpha value is -2.10. The van der Waals surface area contributed by atoms with Gasteiger partial charge >= 0.3 is 0 Å². The molecule has 19 heavy (non-hydrogen) atoms. The predicted octanol–water partition coefficient (Wildman–Crippen LogP) is 3.13. The van der Waals surface area contributed by atoms with Crippen LogP contribution in [-0.2, 0) is 12.8 Å². The molecule has 0 aliphatic heterocycles. The third-order valence-electron chi connectivity index (χ3n) is 3.50. The molecule has 1 aliphatic carbocycles. The van der Waals surface area contributed by atoms with Crippen molar-refractivity contribution >= 4 is 11.4 Å². The van der Waals surface area contributed by atoms with Crippen LogP contribution in [0.3, 0.4) is 0 Å². The zero-order valence-corrected chi connectivity index (χ0v) is 10.3. The van der Waals surface area contributed by atoms with E-state index in [1.807, 2.05) is 12.1 Å². The van der Waals surface area contributed by atoms with Crippen molar-refractivity contribution in [1.82, 2.24) is 0 Å². The van der Waals surface area contributed by atoms with Crippen molar-refractivity contribution in [3.63, 3.8) is 0 Å². The van der Waals surface area contributed by atoms with E-state index in [0.29, 0.717) is 5.69 Å². The highest BCUT2D eigenvalue weighted by Gasteiger charge is 2.22. The van der Waals surface area contributed by atoms with Crippen molar-refractivity contribution < 1.29 is 8.78 Å². The van der Waals surface area contributed by atoms with Crippen molar-refractivity contribution in [2.45, 2.75) is 18.9 Å². The first kappa shape index (κ1) is 12.0. The molecule has 0 radical (unpaired) electrons. The van der Waals surface area contributed by atoms with E-state index in [9.17, 15) is 8.78 Å². The van der Waals surface area contributed by atoms with E-state index in [4.69, 9.17) is 5.73 Å². The van der Waals surface area contributed by atoms with Crippen molar-refractivity contribution in [3.8, 4) is 0 Å². The molecule has 98 valence electrons. The molecule has 0 saturated carbocycles. The van der Waals surface area contributed by atoms with Crippen LogP contribution in [0.1, 0.15) is 11.1 Å². The van der Waals surface area contributed by atoms with Gasteiger partial charge in [0.2, 0.25) is 0 Å². The van der Waals surface area contributed by atoms with Crippen LogP contribution in [-0.4, -0.2) is 6.04 Å². The Morgan fingerprint density at radius 2 is 1.68 bits per heavy atom. The van der Waals surface area contributed by atoms with Crippen LogP contribution in [0.5, 0.6) is 0 Å². The summed E-state index contributed by atoms with van der Waals surface area (Å²) in [4.78, 5) is 0. The SMILES string of the molecule is Nc1c(F)cc(F)cc1NC1Cc2ccccc2C1. The highest BCUT2D eigenvalue weighted by molar-refractivity contribution is 5.67. The summed E-state index contributed by atoms with van der Waals surface area (Å²) in [6.07, 6.45) is 1.68. The number of rotatable bonds is 2. The fourth-order valence-electron chi connectivity index (χ4n) is 2.59. The lowest BCUT2D eigenvalue weighted by Crippen LogP contribution is -2.20. The monoisotopic (exact) mass is 260 g/mol. The van der Waals surface area contributed by atoms with E-state index in [-0.39, 0.29) is 11.7 Å². The van der Waals surface area contributed by atoms with Gasteiger partial charge in [-0.1, -0.05) is 24.3 Å². The summed E-state index contributed by atoms with van der Waals surface area (Å²) in [6.45, 7) is 0. The minimum atomic E-state index is -0.724. The maximum atomic E-state index is 13.4. The molecule has 0 heterocycles. The fourth-order valence-corrected chi connectivity index (χ4v) is 2.59. The number of hydrogen-bond acceptors (Lipinski definition) is 2. The molecule has 0 unspecified atom stereocenters. The zero-order chi connectivity index (χ0) is 13.4. The van der Waals surface area contributed by atoms with Crippen LogP contribution in [0.25, 0.3) is 0 Å². The molecule has 0 saturated heterocycles. The molecule has 3 N–H and O–H groups in total. The van der Waals surface area contributed by atoms with Gasteiger partial charge in [-0.15, -0.1) is 0 Å². The minimum absolute atomic E-state index is 0.0302. The van der Waals surface area contributed by atoms with Gasteiger partial charge in [0.1, 0.15) is 5.82 Å². The molecule has 0 atom stereocenters. The van der Waals surface area contributed by atoms with Crippen molar-refractivity contribution in [1.29, 1.82) is 0 Å². The standard InChI is InChI=1S/C15H14F2N2/c16-11-7-13(17)15(18)14(8-11)19-12-5-9-3-1-2-4-10(9)6-12/h1-4,7-8,12,19H,5-6,18H2. The molecular formula is C15H14F2N2. The van der Waals surface area contributed by atoms with Gasteiger partial charge in [0.25, 0.3) is 0 Å². The van der Waals surface area contributed by atoms with Crippen molar-refractivity contribution in [2.24, 2.45) is 0 Å². The summed E-state index contributed by atoms with van der Waals surface area (Å²) < 4.78 is 26.6. The maximum absolute atomic E-state index is 13.4. The summed E-state index contributed by atoms with van der Waals surface area (Å²) in [5.74, 6) is -1.34. The quantitative estimate of drug-likeness (QED) is 0.814. The second-order valence-electron chi connectivity index (χ2n) is 4.87. The lowest BCUT2D eigenvalue weighted by Gasteiger charge is -2.16. The van der Waals surface area contributed by atoms with E-state index in [1.54, 1.807) is 0 Å². The van der Waals surface area contributed by atoms with Crippen LogP contribution >= 0.6 is 0 Å². The molecule has 0 spiro atoms. The van der Waals surface area contributed by atoms with Crippen LogP contribution < -0.4 is 11.1 Å². The topological polar surface area (TPSA) is 38.0 Å². The number of nitrogens with two attached hydrogens (primary N) is 1. The molecule has 0 aromatic heterocycles. The van der Waals surface area contributed by atoms with Gasteiger partial charge < -0.3 is 11.1 Å². The smallest absolute Gasteiger partial charge is 0.151 e. The lowest BCUT2D eigenvalue weighted by molar-refractivity contribution is 0.586. The normalized spacial score (nSPS) is 14.4. The molecule has 0 bridgehead atoms. The Balaban J connectivity index is 1.81. The Kier molecular flexibility index (Phi) is 2.85. The molecule has 1 aliphatic rings. The molecule has 2 nitrogen and oxygen atoms in total. The summed E-state index contributed by atoms with van der Waals surface area (Å²) in [6, 6.07) is 10.3. The Morgan fingerprint density at radius 1 is 1.05 bits per heavy atom. The van der Waals surface area contributed by atoms with E-state index < -0.39 is 11.6 Å². The molecule has 2 aromatic rings. The minimum Gasteiger partial charge on any atom is -0.395 e.